The Morgan fingerprint density at radius 1 is 1.67 bits per heavy atom. The highest BCUT2D eigenvalue weighted by molar-refractivity contribution is 5.84. The molecule has 0 radical (unpaired) electrons. The van der Waals surface area contributed by atoms with Gasteiger partial charge in [-0.15, -0.1) is 0 Å². The van der Waals surface area contributed by atoms with E-state index in [9.17, 15) is 4.79 Å². The quantitative estimate of drug-likeness (QED) is 0.755. The van der Waals surface area contributed by atoms with Crippen LogP contribution in [0.5, 0.6) is 0 Å². The molecule has 1 aliphatic rings. The van der Waals surface area contributed by atoms with Gasteiger partial charge < -0.3 is 4.57 Å². The maximum atomic E-state index is 11.8. The van der Waals surface area contributed by atoms with E-state index in [0.29, 0.717) is 18.1 Å². The van der Waals surface area contributed by atoms with Gasteiger partial charge in [0.1, 0.15) is 11.6 Å². The average molecular weight is 206 g/mol. The van der Waals surface area contributed by atoms with Crippen molar-refractivity contribution in [2.24, 2.45) is 18.4 Å². The lowest BCUT2D eigenvalue weighted by molar-refractivity contribution is -0.120. The van der Waals surface area contributed by atoms with Crippen molar-refractivity contribution in [3.8, 4) is 0 Å². The summed E-state index contributed by atoms with van der Waals surface area (Å²) in [6.07, 6.45) is 6.17. The van der Waals surface area contributed by atoms with E-state index in [-0.39, 0.29) is 5.41 Å². The summed E-state index contributed by atoms with van der Waals surface area (Å²) in [5.74, 6) is 1.71. The minimum absolute atomic E-state index is 0.263. The van der Waals surface area contributed by atoms with Gasteiger partial charge in [0.05, 0.1) is 0 Å². The first-order chi connectivity index (χ1) is 7.00. The Bertz CT molecular complexity index is 379. The van der Waals surface area contributed by atoms with Crippen LogP contribution in [0.25, 0.3) is 0 Å². The van der Waals surface area contributed by atoms with Crippen LogP contribution in [0, 0.1) is 11.3 Å². The minimum Gasteiger partial charge on any atom is -0.338 e. The largest absolute Gasteiger partial charge is 0.338 e. The summed E-state index contributed by atoms with van der Waals surface area (Å²) < 4.78 is 1.98. The van der Waals surface area contributed by atoms with E-state index >= 15 is 0 Å². The van der Waals surface area contributed by atoms with Gasteiger partial charge in [0.25, 0.3) is 0 Å². The number of Topliss-reactive ketones (excluding diaryl/α,β-unsaturated/α-hetero) is 1. The summed E-state index contributed by atoms with van der Waals surface area (Å²) in [5, 5.41) is 0. The monoisotopic (exact) mass is 206 g/mol. The highest BCUT2D eigenvalue weighted by Crippen LogP contribution is 2.52. The van der Waals surface area contributed by atoms with Gasteiger partial charge in [0, 0.05) is 38.2 Å². The molecule has 0 N–H and O–H groups in total. The van der Waals surface area contributed by atoms with Crippen LogP contribution < -0.4 is 0 Å². The van der Waals surface area contributed by atoms with Gasteiger partial charge in [-0.1, -0.05) is 13.8 Å². The first-order valence-corrected chi connectivity index (χ1v) is 5.49. The number of hydrogen-bond donors (Lipinski definition) is 0. The molecule has 0 bridgehead atoms. The zero-order valence-electron chi connectivity index (χ0n) is 9.66. The Morgan fingerprint density at radius 3 is 2.80 bits per heavy atom. The molecule has 2 rings (SSSR count). The van der Waals surface area contributed by atoms with Crippen LogP contribution in [0.2, 0.25) is 0 Å². The van der Waals surface area contributed by atoms with Gasteiger partial charge in [-0.05, 0) is 11.8 Å². The van der Waals surface area contributed by atoms with Crippen LogP contribution >= 0.6 is 0 Å². The Kier molecular flexibility index (Phi) is 2.41. The third kappa shape index (κ3) is 2.11. The summed E-state index contributed by atoms with van der Waals surface area (Å²) in [5.41, 5.74) is 0.263. The number of aryl methyl sites for hydroxylation is 2. The molecule has 1 saturated carbocycles. The normalized spacial score (nSPS) is 22.7. The second kappa shape index (κ2) is 3.47. The van der Waals surface area contributed by atoms with E-state index in [0.717, 1.165) is 18.7 Å². The minimum atomic E-state index is 0.263. The van der Waals surface area contributed by atoms with E-state index in [4.69, 9.17) is 0 Å². The molecule has 1 aliphatic carbocycles. The van der Waals surface area contributed by atoms with E-state index in [1.165, 1.54) is 0 Å². The molecule has 1 aromatic heterocycles. The number of imidazole rings is 1. The van der Waals surface area contributed by atoms with Crippen molar-refractivity contribution in [1.82, 2.24) is 9.55 Å². The maximum absolute atomic E-state index is 11.8. The Hall–Kier alpha value is -1.12. The predicted molar refractivity (Wildman–Crippen MR) is 58.4 cm³/mol. The molecule has 3 nitrogen and oxygen atoms in total. The summed E-state index contributed by atoms with van der Waals surface area (Å²) >= 11 is 0. The molecule has 15 heavy (non-hydrogen) atoms. The fourth-order valence-electron chi connectivity index (χ4n) is 2.06. The molecule has 1 atom stereocenters. The molecule has 0 aromatic carbocycles. The summed E-state index contributed by atoms with van der Waals surface area (Å²) in [6, 6.07) is 0. The number of carbonyl (C=O) groups excluding carboxylic acids is 1. The maximum Gasteiger partial charge on any atom is 0.136 e. The van der Waals surface area contributed by atoms with Gasteiger partial charge in [-0.2, -0.15) is 0 Å². The Balaban J connectivity index is 1.85. The summed E-state index contributed by atoms with van der Waals surface area (Å²) in [7, 11) is 1.97. The molecular formula is C12H18N2O. The first-order valence-electron chi connectivity index (χ1n) is 5.49. The molecule has 0 aliphatic heterocycles. The van der Waals surface area contributed by atoms with Crippen molar-refractivity contribution in [1.29, 1.82) is 0 Å². The second-order valence-electron chi connectivity index (χ2n) is 5.17. The van der Waals surface area contributed by atoms with Crippen molar-refractivity contribution < 1.29 is 4.79 Å². The molecule has 1 fully saturated rings. The standard InChI is InChI=1S/C12H18N2O/c1-12(2)8-9(12)10(15)4-5-11-13-6-7-14(11)3/h6-7,9H,4-5,8H2,1-3H3. The van der Waals surface area contributed by atoms with Gasteiger partial charge >= 0.3 is 0 Å². The van der Waals surface area contributed by atoms with E-state index in [2.05, 4.69) is 18.8 Å². The summed E-state index contributed by atoms with van der Waals surface area (Å²) in [4.78, 5) is 16.0. The number of carbonyl (C=O) groups is 1. The van der Waals surface area contributed by atoms with Gasteiger partial charge in [-0.3, -0.25) is 4.79 Å². The zero-order chi connectivity index (χ0) is 11.1. The zero-order valence-corrected chi connectivity index (χ0v) is 9.66. The van der Waals surface area contributed by atoms with Gasteiger partial charge in [-0.25, -0.2) is 4.98 Å². The van der Waals surface area contributed by atoms with E-state index in [1.807, 2.05) is 17.8 Å². The molecule has 0 saturated heterocycles. The van der Waals surface area contributed by atoms with Crippen LogP contribution in [-0.4, -0.2) is 15.3 Å². The van der Waals surface area contributed by atoms with Crippen molar-refractivity contribution in [2.45, 2.75) is 33.1 Å². The predicted octanol–water partition coefficient (Wildman–Crippen LogP) is 1.97. The molecule has 1 heterocycles. The van der Waals surface area contributed by atoms with Gasteiger partial charge in [0.15, 0.2) is 0 Å². The molecule has 1 aromatic rings. The third-order valence-corrected chi connectivity index (χ3v) is 3.42. The summed E-state index contributed by atoms with van der Waals surface area (Å²) in [6.45, 7) is 4.33. The van der Waals surface area contributed by atoms with Crippen molar-refractivity contribution in [3.05, 3.63) is 18.2 Å². The van der Waals surface area contributed by atoms with Crippen LogP contribution in [0.1, 0.15) is 32.5 Å². The molecule has 82 valence electrons. The van der Waals surface area contributed by atoms with Crippen LogP contribution in [-0.2, 0) is 18.3 Å². The number of hydrogen-bond acceptors (Lipinski definition) is 2. The topological polar surface area (TPSA) is 34.9 Å². The Morgan fingerprint density at radius 2 is 2.33 bits per heavy atom. The number of aromatic nitrogens is 2. The molecule has 1 unspecified atom stereocenters. The first kappa shape index (κ1) is 10.4. The fourth-order valence-corrected chi connectivity index (χ4v) is 2.06. The molecule has 0 spiro atoms. The number of ketones is 1. The second-order valence-corrected chi connectivity index (χ2v) is 5.17. The van der Waals surface area contributed by atoms with Crippen molar-refractivity contribution >= 4 is 5.78 Å². The molecule has 0 amide bonds. The third-order valence-electron chi connectivity index (χ3n) is 3.42. The van der Waals surface area contributed by atoms with E-state index < -0.39 is 0 Å². The van der Waals surface area contributed by atoms with Crippen LogP contribution in [0.3, 0.4) is 0 Å². The highest BCUT2D eigenvalue weighted by Gasteiger charge is 2.49. The lowest BCUT2D eigenvalue weighted by atomic mass is 10.0. The van der Waals surface area contributed by atoms with Crippen LogP contribution in [0.15, 0.2) is 12.4 Å². The van der Waals surface area contributed by atoms with E-state index in [1.54, 1.807) is 6.20 Å². The van der Waals surface area contributed by atoms with Gasteiger partial charge in [0.2, 0.25) is 0 Å². The van der Waals surface area contributed by atoms with Crippen molar-refractivity contribution in [2.75, 3.05) is 0 Å². The number of rotatable bonds is 4. The molecular weight excluding hydrogens is 188 g/mol. The fraction of sp³-hybridized carbons (Fsp3) is 0.667. The van der Waals surface area contributed by atoms with Crippen LogP contribution in [0.4, 0.5) is 0 Å². The molecule has 3 heteroatoms. The number of nitrogens with zero attached hydrogens (tertiary/aromatic N) is 2. The highest BCUT2D eigenvalue weighted by atomic mass is 16.1. The lowest BCUT2D eigenvalue weighted by Crippen LogP contribution is -2.09. The lowest BCUT2D eigenvalue weighted by Gasteiger charge is -2.03. The smallest absolute Gasteiger partial charge is 0.136 e. The Labute approximate surface area is 90.5 Å². The SMILES string of the molecule is Cn1ccnc1CCC(=O)C1CC1(C)C. The van der Waals surface area contributed by atoms with Crippen molar-refractivity contribution in [3.63, 3.8) is 0 Å². The average Bonchev–Trinajstić information content (AvgIpc) is 2.61.